The van der Waals surface area contributed by atoms with Crippen molar-refractivity contribution in [1.29, 1.82) is 0 Å². The minimum absolute atomic E-state index is 0.0306. The number of nitro benzene ring substituents is 1. The number of rotatable bonds is 4. The molecule has 0 atom stereocenters. The third kappa shape index (κ3) is 3.20. The summed E-state index contributed by atoms with van der Waals surface area (Å²) in [6.07, 6.45) is 0. The van der Waals surface area contributed by atoms with Crippen LogP contribution in [0.2, 0.25) is 0 Å². The van der Waals surface area contributed by atoms with Crippen molar-refractivity contribution in [2.45, 2.75) is 6.92 Å². The van der Waals surface area contributed by atoms with Crippen LogP contribution in [0.3, 0.4) is 0 Å². The van der Waals surface area contributed by atoms with Crippen LogP contribution < -0.4 is 14.8 Å². The maximum atomic E-state index is 12.5. The second-order valence-electron chi connectivity index (χ2n) is 5.79. The molecule has 8 nitrogen and oxygen atoms in total. The average molecular weight is 383 g/mol. The molecule has 0 aliphatic carbocycles. The molecule has 1 aliphatic heterocycles. The van der Waals surface area contributed by atoms with E-state index in [0.29, 0.717) is 39.0 Å². The number of para-hydroxylation sites is 1. The third-order valence-electron chi connectivity index (χ3n) is 4.07. The maximum absolute atomic E-state index is 12.5. The summed E-state index contributed by atoms with van der Waals surface area (Å²) in [5.41, 5.74) is 2.13. The van der Waals surface area contributed by atoms with Crippen LogP contribution in [0.25, 0.3) is 11.3 Å². The van der Waals surface area contributed by atoms with E-state index in [1.54, 1.807) is 42.6 Å². The molecular formula is C18H13N3O5S. The molecule has 0 saturated heterocycles. The number of thiazole rings is 1. The fourth-order valence-corrected chi connectivity index (χ4v) is 3.42. The van der Waals surface area contributed by atoms with E-state index in [9.17, 15) is 14.9 Å². The molecule has 0 spiro atoms. The number of aryl methyl sites for hydroxylation is 1. The van der Waals surface area contributed by atoms with E-state index >= 15 is 0 Å². The first-order valence-corrected chi connectivity index (χ1v) is 8.82. The zero-order chi connectivity index (χ0) is 19.0. The molecule has 3 aromatic rings. The summed E-state index contributed by atoms with van der Waals surface area (Å²) in [6.45, 7) is 1.76. The minimum Gasteiger partial charge on any atom is -0.454 e. The maximum Gasteiger partial charge on any atom is 0.272 e. The van der Waals surface area contributed by atoms with Crippen molar-refractivity contribution in [1.82, 2.24) is 4.98 Å². The van der Waals surface area contributed by atoms with Gasteiger partial charge in [-0.15, -0.1) is 11.3 Å². The van der Waals surface area contributed by atoms with Gasteiger partial charge in [0, 0.05) is 22.6 Å². The van der Waals surface area contributed by atoms with Crippen LogP contribution in [0.4, 0.5) is 10.8 Å². The molecule has 2 aromatic carbocycles. The highest BCUT2D eigenvalue weighted by atomic mass is 32.1. The number of amides is 1. The molecule has 136 valence electrons. The molecular weight excluding hydrogens is 370 g/mol. The lowest BCUT2D eigenvalue weighted by Crippen LogP contribution is -2.12. The van der Waals surface area contributed by atoms with Gasteiger partial charge in [-0.1, -0.05) is 18.2 Å². The van der Waals surface area contributed by atoms with Gasteiger partial charge in [0.15, 0.2) is 16.6 Å². The summed E-state index contributed by atoms with van der Waals surface area (Å²) in [7, 11) is 0. The Bertz CT molecular complexity index is 1060. The number of benzene rings is 2. The van der Waals surface area contributed by atoms with Gasteiger partial charge in [0.2, 0.25) is 6.79 Å². The van der Waals surface area contributed by atoms with E-state index in [4.69, 9.17) is 9.47 Å². The van der Waals surface area contributed by atoms with Gasteiger partial charge >= 0.3 is 0 Å². The minimum atomic E-state index is -0.425. The van der Waals surface area contributed by atoms with Gasteiger partial charge in [-0.05, 0) is 19.1 Å². The number of anilines is 1. The molecule has 2 heterocycles. The lowest BCUT2D eigenvalue weighted by atomic mass is 10.1. The van der Waals surface area contributed by atoms with Crippen molar-refractivity contribution < 1.29 is 19.2 Å². The predicted molar refractivity (Wildman–Crippen MR) is 99.5 cm³/mol. The molecule has 1 aliphatic rings. The molecule has 4 rings (SSSR count). The van der Waals surface area contributed by atoms with Crippen LogP contribution in [-0.2, 0) is 0 Å². The Kier molecular flexibility index (Phi) is 4.21. The molecule has 0 bridgehead atoms. The molecule has 0 saturated carbocycles. The average Bonchev–Trinajstić information content (AvgIpc) is 3.30. The Balaban J connectivity index is 1.57. The summed E-state index contributed by atoms with van der Waals surface area (Å²) in [5, 5.41) is 16.0. The number of ether oxygens (including phenoxy) is 2. The second-order valence-corrected chi connectivity index (χ2v) is 6.65. The number of hydrogen-bond donors (Lipinski definition) is 1. The van der Waals surface area contributed by atoms with Crippen LogP contribution in [0.1, 0.15) is 15.9 Å². The third-order valence-corrected chi connectivity index (χ3v) is 4.83. The Morgan fingerprint density at radius 2 is 2.15 bits per heavy atom. The van der Waals surface area contributed by atoms with Gasteiger partial charge < -0.3 is 9.47 Å². The van der Waals surface area contributed by atoms with E-state index in [1.807, 2.05) is 0 Å². The highest BCUT2D eigenvalue weighted by molar-refractivity contribution is 7.14. The van der Waals surface area contributed by atoms with Crippen molar-refractivity contribution in [3.63, 3.8) is 0 Å². The van der Waals surface area contributed by atoms with Gasteiger partial charge in [0.1, 0.15) is 0 Å². The molecule has 1 amide bonds. The monoisotopic (exact) mass is 383 g/mol. The quantitative estimate of drug-likeness (QED) is 0.539. The number of aromatic nitrogens is 1. The van der Waals surface area contributed by atoms with Crippen molar-refractivity contribution in [2.24, 2.45) is 0 Å². The molecule has 0 unspecified atom stereocenters. The number of fused-ring (bicyclic) bond motifs is 1. The second kappa shape index (κ2) is 6.69. The first-order chi connectivity index (χ1) is 13.0. The Morgan fingerprint density at radius 1 is 1.30 bits per heavy atom. The van der Waals surface area contributed by atoms with E-state index in [-0.39, 0.29) is 18.4 Å². The van der Waals surface area contributed by atoms with Crippen molar-refractivity contribution in [3.05, 3.63) is 63.0 Å². The zero-order valence-corrected chi connectivity index (χ0v) is 14.9. The summed E-state index contributed by atoms with van der Waals surface area (Å²) < 4.78 is 10.6. The van der Waals surface area contributed by atoms with Crippen LogP contribution in [0, 0.1) is 17.0 Å². The molecule has 27 heavy (non-hydrogen) atoms. The number of nitrogens with zero attached hydrogens (tertiary/aromatic N) is 2. The van der Waals surface area contributed by atoms with Crippen molar-refractivity contribution >= 4 is 28.1 Å². The van der Waals surface area contributed by atoms with Crippen LogP contribution >= 0.6 is 11.3 Å². The Hall–Kier alpha value is -3.46. The van der Waals surface area contributed by atoms with Crippen LogP contribution in [-0.4, -0.2) is 22.6 Å². The molecule has 0 radical (unpaired) electrons. The summed E-state index contributed by atoms with van der Waals surface area (Å²) in [6, 6.07) is 9.99. The smallest absolute Gasteiger partial charge is 0.272 e. The highest BCUT2D eigenvalue weighted by Gasteiger charge is 2.22. The first-order valence-electron chi connectivity index (χ1n) is 7.94. The lowest BCUT2D eigenvalue weighted by molar-refractivity contribution is -0.385. The van der Waals surface area contributed by atoms with E-state index < -0.39 is 4.92 Å². The number of nitrogens with one attached hydrogen (secondary N) is 1. The molecule has 0 fully saturated rings. The first kappa shape index (κ1) is 17.0. The standard InChI is InChI=1S/C18H13N3O5S/c1-10-5-6-11(7-14(10)21(23)24)13-8-27-18(19-13)20-17(22)12-3-2-4-15-16(12)26-9-25-15/h2-8H,9H2,1H3,(H,19,20,22). The zero-order valence-electron chi connectivity index (χ0n) is 14.1. The summed E-state index contributed by atoms with van der Waals surface area (Å²) in [5.74, 6) is 0.559. The number of hydrogen-bond acceptors (Lipinski definition) is 7. The van der Waals surface area contributed by atoms with Gasteiger partial charge in [-0.25, -0.2) is 4.98 Å². The Morgan fingerprint density at radius 3 is 2.96 bits per heavy atom. The number of carbonyl (C=O) groups excluding carboxylic acids is 1. The van der Waals surface area contributed by atoms with Crippen molar-refractivity contribution in [3.8, 4) is 22.8 Å². The normalized spacial score (nSPS) is 12.0. The Labute approximate surface area is 157 Å². The SMILES string of the molecule is Cc1ccc(-c2csc(NC(=O)c3cccc4c3OCO4)n2)cc1[N+](=O)[O-]. The van der Waals surface area contributed by atoms with Gasteiger partial charge in [0.05, 0.1) is 16.2 Å². The van der Waals surface area contributed by atoms with Crippen LogP contribution in [0.5, 0.6) is 11.5 Å². The predicted octanol–water partition coefficient (Wildman–Crippen LogP) is 4.01. The van der Waals surface area contributed by atoms with Gasteiger partial charge in [-0.2, -0.15) is 0 Å². The summed E-state index contributed by atoms with van der Waals surface area (Å²) >= 11 is 1.23. The number of carbonyl (C=O) groups is 1. The van der Waals surface area contributed by atoms with E-state index in [0.717, 1.165) is 0 Å². The lowest BCUT2D eigenvalue weighted by Gasteiger charge is -2.05. The topological polar surface area (TPSA) is 104 Å². The molecule has 9 heteroatoms. The highest BCUT2D eigenvalue weighted by Crippen LogP contribution is 2.36. The van der Waals surface area contributed by atoms with E-state index in [1.165, 1.54) is 17.4 Å². The van der Waals surface area contributed by atoms with Crippen molar-refractivity contribution in [2.75, 3.05) is 12.1 Å². The number of nitro groups is 1. The molecule has 1 aromatic heterocycles. The fourth-order valence-electron chi connectivity index (χ4n) is 2.70. The van der Waals surface area contributed by atoms with Gasteiger partial charge in [-0.3, -0.25) is 20.2 Å². The summed E-state index contributed by atoms with van der Waals surface area (Å²) in [4.78, 5) is 27.6. The van der Waals surface area contributed by atoms with Crippen LogP contribution in [0.15, 0.2) is 41.8 Å². The van der Waals surface area contributed by atoms with Gasteiger partial charge in [0.25, 0.3) is 11.6 Å². The fraction of sp³-hybridized carbons (Fsp3) is 0.111. The largest absolute Gasteiger partial charge is 0.454 e. The van der Waals surface area contributed by atoms with E-state index in [2.05, 4.69) is 10.3 Å². The molecule has 1 N–H and O–H groups in total.